The average molecular weight is 497 g/mol. The van der Waals surface area contributed by atoms with Gasteiger partial charge in [-0.3, -0.25) is 4.99 Å². The highest BCUT2D eigenvalue weighted by Crippen LogP contribution is 2.20. The van der Waals surface area contributed by atoms with Crippen LogP contribution in [0.15, 0.2) is 4.99 Å². The molecule has 1 saturated heterocycles. The third-order valence-corrected chi connectivity index (χ3v) is 4.20. The lowest BCUT2D eigenvalue weighted by atomic mass is 9.92. The zero-order chi connectivity index (χ0) is 19.6. The molecule has 1 fully saturated rings. The van der Waals surface area contributed by atoms with Crippen LogP contribution < -0.4 is 16.0 Å². The Kier molecular flexibility index (Phi) is 13.0. The molecule has 0 spiro atoms. The molecule has 0 aromatic carbocycles. The van der Waals surface area contributed by atoms with Gasteiger partial charge >= 0.3 is 6.09 Å². The van der Waals surface area contributed by atoms with Crippen LogP contribution in [0.4, 0.5) is 4.79 Å². The summed E-state index contributed by atoms with van der Waals surface area (Å²) in [5, 5.41) is 9.25. The first-order valence-corrected chi connectivity index (χ1v) is 9.83. The van der Waals surface area contributed by atoms with E-state index in [2.05, 4.69) is 39.7 Å². The van der Waals surface area contributed by atoms with Gasteiger partial charge in [-0.2, -0.15) is 0 Å². The van der Waals surface area contributed by atoms with E-state index in [9.17, 15) is 4.79 Å². The highest BCUT2D eigenvalue weighted by molar-refractivity contribution is 14.0. The van der Waals surface area contributed by atoms with Gasteiger partial charge < -0.3 is 25.6 Å². The Bertz CT molecular complexity index is 444. The number of carbonyl (C=O) groups excluding carboxylic acids is 1. The number of piperidine rings is 1. The fourth-order valence-corrected chi connectivity index (χ4v) is 3.36. The van der Waals surface area contributed by atoms with E-state index in [-0.39, 0.29) is 24.0 Å². The van der Waals surface area contributed by atoms with Gasteiger partial charge in [-0.05, 0) is 52.0 Å². The Morgan fingerprint density at radius 1 is 1.07 bits per heavy atom. The number of ether oxygens (including phenoxy) is 1. The number of hydrogen-bond donors (Lipinski definition) is 3. The number of guanidine groups is 1. The van der Waals surface area contributed by atoms with Crippen molar-refractivity contribution in [2.45, 2.75) is 53.1 Å². The van der Waals surface area contributed by atoms with Crippen molar-refractivity contribution in [2.24, 2.45) is 16.8 Å². The third-order valence-electron chi connectivity index (χ3n) is 4.20. The van der Waals surface area contributed by atoms with Crippen LogP contribution in [-0.4, -0.2) is 68.9 Å². The lowest BCUT2D eigenvalue weighted by molar-refractivity contribution is 0.0529. The molecule has 0 saturated carbocycles. The summed E-state index contributed by atoms with van der Waals surface area (Å²) >= 11 is 0. The molecule has 1 amide bonds. The van der Waals surface area contributed by atoms with Crippen molar-refractivity contribution in [3.8, 4) is 0 Å². The standard InChI is InChI=1S/C19H39N5O2.HI/c1-15-12-16(2)14-24(13-15)11-7-8-21-17(20-6)22-9-10-23-18(25)26-19(3,4)5;/h15-16H,7-14H2,1-6H3,(H,23,25)(H2,20,21,22);1H. The van der Waals surface area contributed by atoms with E-state index in [0.29, 0.717) is 13.1 Å². The van der Waals surface area contributed by atoms with Gasteiger partial charge in [0.15, 0.2) is 5.96 Å². The predicted molar refractivity (Wildman–Crippen MR) is 123 cm³/mol. The fraction of sp³-hybridized carbons (Fsp3) is 0.895. The molecule has 7 nitrogen and oxygen atoms in total. The SMILES string of the molecule is CN=C(NCCCN1CC(C)CC(C)C1)NCCNC(=O)OC(C)(C)C.I. The Balaban J connectivity index is 0.00000676. The monoisotopic (exact) mass is 497 g/mol. The molecule has 1 aliphatic heterocycles. The van der Waals surface area contributed by atoms with Gasteiger partial charge in [-0.25, -0.2) is 4.79 Å². The minimum Gasteiger partial charge on any atom is -0.444 e. The largest absolute Gasteiger partial charge is 0.444 e. The number of carbonyl (C=O) groups is 1. The number of hydrogen-bond acceptors (Lipinski definition) is 4. The first kappa shape index (κ1) is 26.2. The Morgan fingerprint density at radius 2 is 1.63 bits per heavy atom. The molecular formula is C19H40IN5O2. The van der Waals surface area contributed by atoms with Crippen LogP contribution >= 0.6 is 24.0 Å². The van der Waals surface area contributed by atoms with Gasteiger partial charge in [-0.1, -0.05) is 13.8 Å². The summed E-state index contributed by atoms with van der Waals surface area (Å²) in [5.74, 6) is 2.37. The number of nitrogens with zero attached hydrogens (tertiary/aromatic N) is 2. The molecule has 0 bridgehead atoms. The number of amides is 1. The van der Waals surface area contributed by atoms with Crippen molar-refractivity contribution in [1.82, 2.24) is 20.9 Å². The smallest absolute Gasteiger partial charge is 0.407 e. The highest BCUT2D eigenvalue weighted by atomic mass is 127. The Labute approximate surface area is 182 Å². The van der Waals surface area contributed by atoms with Gasteiger partial charge in [-0.15, -0.1) is 24.0 Å². The van der Waals surface area contributed by atoms with Crippen LogP contribution in [0.1, 0.15) is 47.5 Å². The van der Waals surface area contributed by atoms with Crippen LogP contribution in [0.25, 0.3) is 0 Å². The quantitative estimate of drug-likeness (QED) is 0.218. The second-order valence-electron chi connectivity index (χ2n) is 8.41. The fourth-order valence-electron chi connectivity index (χ4n) is 3.36. The molecule has 27 heavy (non-hydrogen) atoms. The molecule has 0 aliphatic carbocycles. The zero-order valence-electron chi connectivity index (χ0n) is 17.9. The normalized spacial score (nSPS) is 21.2. The van der Waals surface area contributed by atoms with Gasteiger partial charge in [0, 0.05) is 39.8 Å². The molecular weight excluding hydrogens is 457 g/mol. The predicted octanol–water partition coefficient (Wildman–Crippen LogP) is 2.66. The van der Waals surface area contributed by atoms with E-state index in [1.54, 1.807) is 7.05 Å². The number of rotatable bonds is 7. The summed E-state index contributed by atoms with van der Waals surface area (Å²) in [5.41, 5.74) is -0.473. The van der Waals surface area contributed by atoms with Crippen LogP contribution in [0.2, 0.25) is 0 Å². The van der Waals surface area contributed by atoms with Crippen molar-refractivity contribution in [1.29, 1.82) is 0 Å². The lowest BCUT2D eigenvalue weighted by Gasteiger charge is -2.35. The van der Waals surface area contributed by atoms with E-state index in [1.165, 1.54) is 19.5 Å². The summed E-state index contributed by atoms with van der Waals surface area (Å²) in [7, 11) is 1.75. The van der Waals surface area contributed by atoms with E-state index in [4.69, 9.17) is 4.74 Å². The van der Waals surface area contributed by atoms with Crippen LogP contribution in [0, 0.1) is 11.8 Å². The summed E-state index contributed by atoms with van der Waals surface area (Å²) in [6, 6.07) is 0. The summed E-state index contributed by atoms with van der Waals surface area (Å²) in [6.07, 6.45) is 2.05. The number of nitrogens with one attached hydrogen (secondary N) is 3. The number of likely N-dealkylation sites (tertiary alicyclic amines) is 1. The van der Waals surface area contributed by atoms with Crippen LogP contribution in [-0.2, 0) is 4.74 Å². The summed E-state index contributed by atoms with van der Waals surface area (Å²) in [4.78, 5) is 18.3. The lowest BCUT2D eigenvalue weighted by Crippen LogP contribution is -2.43. The van der Waals surface area contributed by atoms with Crippen molar-refractivity contribution < 1.29 is 9.53 Å². The number of alkyl carbamates (subject to hydrolysis) is 1. The van der Waals surface area contributed by atoms with Gasteiger partial charge in [0.1, 0.15) is 5.60 Å². The molecule has 0 radical (unpaired) electrons. The van der Waals surface area contributed by atoms with E-state index >= 15 is 0 Å². The molecule has 160 valence electrons. The third kappa shape index (κ3) is 13.1. The van der Waals surface area contributed by atoms with E-state index in [0.717, 1.165) is 37.3 Å². The maximum absolute atomic E-state index is 11.6. The molecule has 1 rings (SSSR count). The minimum absolute atomic E-state index is 0. The maximum Gasteiger partial charge on any atom is 0.407 e. The highest BCUT2D eigenvalue weighted by Gasteiger charge is 2.21. The molecule has 1 heterocycles. The first-order chi connectivity index (χ1) is 12.2. The van der Waals surface area contributed by atoms with Gasteiger partial charge in [0.05, 0.1) is 0 Å². The summed E-state index contributed by atoms with van der Waals surface area (Å²) in [6.45, 7) is 15.8. The zero-order valence-corrected chi connectivity index (χ0v) is 20.3. The van der Waals surface area contributed by atoms with Crippen molar-refractivity contribution in [3.05, 3.63) is 0 Å². The van der Waals surface area contributed by atoms with E-state index in [1.807, 2.05) is 20.8 Å². The molecule has 8 heteroatoms. The maximum atomic E-state index is 11.6. The first-order valence-electron chi connectivity index (χ1n) is 9.83. The molecule has 3 N–H and O–H groups in total. The molecule has 0 aromatic rings. The van der Waals surface area contributed by atoms with Crippen molar-refractivity contribution in [2.75, 3.05) is 46.3 Å². The van der Waals surface area contributed by atoms with Crippen LogP contribution in [0.3, 0.4) is 0 Å². The average Bonchev–Trinajstić information content (AvgIpc) is 2.50. The number of halogens is 1. The summed E-state index contributed by atoms with van der Waals surface area (Å²) < 4.78 is 5.19. The minimum atomic E-state index is -0.473. The van der Waals surface area contributed by atoms with E-state index < -0.39 is 11.7 Å². The topological polar surface area (TPSA) is 78.0 Å². The number of aliphatic imine (C=N–C) groups is 1. The van der Waals surface area contributed by atoms with Gasteiger partial charge in [0.25, 0.3) is 0 Å². The van der Waals surface area contributed by atoms with Crippen molar-refractivity contribution >= 4 is 36.0 Å². The second-order valence-corrected chi connectivity index (χ2v) is 8.41. The van der Waals surface area contributed by atoms with Crippen LogP contribution in [0.5, 0.6) is 0 Å². The molecule has 0 aromatic heterocycles. The van der Waals surface area contributed by atoms with Crippen molar-refractivity contribution in [3.63, 3.8) is 0 Å². The second kappa shape index (κ2) is 13.4. The molecule has 1 aliphatic rings. The Morgan fingerprint density at radius 3 is 2.19 bits per heavy atom. The molecule has 2 atom stereocenters. The van der Waals surface area contributed by atoms with Gasteiger partial charge in [0.2, 0.25) is 0 Å². The molecule has 2 unspecified atom stereocenters. The Hall–Kier alpha value is -0.770.